The number of anilines is 2. The third kappa shape index (κ3) is 5.19. The average molecular weight is 554 g/mol. The lowest BCUT2D eigenvalue weighted by Crippen LogP contribution is -2.30. The molecule has 7 nitrogen and oxygen atoms in total. The SMILES string of the molecule is COc1cc(N2C(=S)N[C@@H](c3ccccn3)[C@H]2c2cccn2-c2ccc(C)c(C)c2)ccc1NC(=O)C(C)(C)C. The molecule has 2 aromatic carbocycles. The van der Waals surface area contributed by atoms with Gasteiger partial charge in [0.05, 0.1) is 24.5 Å². The summed E-state index contributed by atoms with van der Waals surface area (Å²) in [5.74, 6) is 0.471. The van der Waals surface area contributed by atoms with E-state index < -0.39 is 5.41 Å². The third-order valence-corrected chi connectivity index (χ3v) is 7.66. The van der Waals surface area contributed by atoms with Crippen LogP contribution in [-0.4, -0.2) is 27.7 Å². The van der Waals surface area contributed by atoms with Crippen molar-refractivity contribution >= 4 is 34.6 Å². The number of pyridine rings is 1. The van der Waals surface area contributed by atoms with E-state index in [9.17, 15) is 4.79 Å². The first-order valence-corrected chi connectivity index (χ1v) is 13.7. The van der Waals surface area contributed by atoms with E-state index in [0.717, 1.165) is 22.8 Å². The van der Waals surface area contributed by atoms with Gasteiger partial charge >= 0.3 is 0 Å². The first kappa shape index (κ1) is 27.4. The van der Waals surface area contributed by atoms with Crippen LogP contribution in [0.5, 0.6) is 5.75 Å². The molecule has 8 heteroatoms. The second-order valence-corrected chi connectivity index (χ2v) is 11.5. The van der Waals surface area contributed by atoms with Gasteiger partial charge in [0, 0.05) is 40.9 Å². The van der Waals surface area contributed by atoms with Crippen LogP contribution >= 0.6 is 12.2 Å². The number of thiocarbonyl (C=S) groups is 1. The normalized spacial score (nSPS) is 17.1. The van der Waals surface area contributed by atoms with Gasteiger partial charge in [0.1, 0.15) is 11.8 Å². The second kappa shape index (κ2) is 10.8. The van der Waals surface area contributed by atoms with Crippen molar-refractivity contribution in [3.05, 3.63) is 102 Å². The number of nitrogens with zero attached hydrogens (tertiary/aromatic N) is 3. The molecule has 5 rings (SSSR count). The fraction of sp³-hybridized carbons (Fsp3) is 0.281. The fourth-order valence-electron chi connectivity index (χ4n) is 4.92. The third-order valence-electron chi connectivity index (χ3n) is 7.34. The minimum atomic E-state index is -0.537. The van der Waals surface area contributed by atoms with Gasteiger partial charge in [0.2, 0.25) is 5.91 Å². The van der Waals surface area contributed by atoms with E-state index in [1.165, 1.54) is 11.1 Å². The Kier molecular flexibility index (Phi) is 7.38. The van der Waals surface area contributed by atoms with Crippen LogP contribution in [0.3, 0.4) is 0 Å². The van der Waals surface area contributed by atoms with Gasteiger partial charge in [-0.05, 0) is 85.7 Å². The summed E-state index contributed by atoms with van der Waals surface area (Å²) in [6, 6.07) is 22.0. The Bertz CT molecular complexity index is 1560. The van der Waals surface area contributed by atoms with Gasteiger partial charge in [-0.15, -0.1) is 0 Å². The summed E-state index contributed by atoms with van der Waals surface area (Å²) in [6.45, 7) is 9.89. The fourth-order valence-corrected chi connectivity index (χ4v) is 5.27. The van der Waals surface area contributed by atoms with Crippen LogP contribution in [-0.2, 0) is 4.79 Å². The van der Waals surface area contributed by atoms with Crippen molar-refractivity contribution in [1.82, 2.24) is 14.9 Å². The van der Waals surface area contributed by atoms with E-state index >= 15 is 0 Å². The Morgan fingerprint density at radius 3 is 2.45 bits per heavy atom. The number of aryl methyl sites for hydroxylation is 2. The van der Waals surface area contributed by atoms with Crippen molar-refractivity contribution < 1.29 is 9.53 Å². The van der Waals surface area contributed by atoms with Gasteiger partial charge in [-0.3, -0.25) is 9.78 Å². The van der Waals surface area contributed by atoms with Crippen LogP contribution in [0.25, 0.3) is 5.69 Å². The summed E-state index contributed by atoms with van der Waals surface area (Å²) >= 11 is 5.95. The molecule has 0 bridgehead atoms. The number of carbonyl (C=O) groups excluding carboxylic acids is 1. The molecule has 3 heterocycles. The maximum Gasteiger partial charge on any atom is 0.229 e. The Balaban J connectivity index is 1.61. The minimum absolute atomic E-state index is 0.0868. The van der Waals surface area contributed by atoms with Crippen molar-refractivity contribution in [1.29, 1.82) is 0 Å². The van der Waals surface area contributed by atoms with Crippen LogP contribution in [0.15, 0.2) is 79.1 Å². The van der Waals surface area contributed by atoms with Crippen molar-refractivity contribution in [3.63, 3.8) is 0 Å². The van der Waals surface area contributed by atoms with Crippen LogP contribution < -0.4 is 20.3 Å². The minimum Gasteiger partial charge on any atom is -0.494 e. The summed E-state index contributed by atoms with van der Waals surface area (Å²) in [5.41, 5.74) is 6.44. The van der Waals surface area contributed by atoms with Crippen molar-refractivity contribution in [2.75, 3.05) is 17.3 Å². The molecule has 1 saturated heterocycles. The number of ether oxygens (including phenoxy) is 1. The summed E-state index contributed by atoms with van der Waals surface area (Å²) in [7, 11) is 1.60. The zero-order valence-corrected chi connectivity index (χ0v) is 24.5. The lowest BCUT2D eigenvalue weighted by atomic mass is 9.95. The highest BCUT2D eigenvalue weighted by molar-refractivity contribution is 7.80. The van der Waals surface area contributed by atoms with Gasteiger partial charge in [-0.2, -0.15) is 0 Å². The standard InChI is InChI=1S/C32H35N5O2S/c1-20-12-13-22(18-21(20)2)36-17-9-11-26(36)29-28(25-10-7-8-16-33-25)35-31(40)37(29)23-14-15-24(27(19-23)39-6)34-30(38)32(3,4)5/h7-19,28-29H,1-6H3,(H,34,38)(H,35,40)/t28-,29+/m0/s1. The molecule has 0 radical (unpaired) electrons. The maximum absolute atomic E-state index is 12.7. The molecule has 1 aliphatic heterocycles. The molecule has 2 atom stereocenters. The number of rotatable bonds is 6. The largest absolute Gasteiger partial charge is 0.494 e. The van der Waals surface area contributed by atoms with Crippen LogP contribution in [0.2, 0.25) is 0 Å². The second-order valence-electron chi connectivity index (χ2n) is 11.2. The summed E-state index contributed by atoms with van der Waals surface area (Å²) < 4.78 is 7.94. The van der Waals surface area contributed by atoms with E-state index in [1.54, 1.807) is 13.3 Å². The monoisotopic (exact) mass is 553 g/mol. The van der Waals surface area contributed by atoms with E-state index in [1.807, 2.05) is 57.2 Å². The molecular weight excluding hydrogens is 518 g/mol. The molecule has 1 amide bonds. The molecule has 1 fully saturated rings. The van der Waals surface area contributed by atoms with Gasteiger partial charge < -0.3 is 24.8 Å². The van der Waals surface area contributed by atoms with Crippen LogP contribution in [0.4, 0.5) is 11.4 Å². The number of aromatic nitrogens is 2. The number of hydrogen-bond acceptors (Lipinski definition) is 4. The van der Waals surface area contributed by atoms with Crippen molar-refractivity contribution in [3.8, 4) is 11.4 Å². The van der Waals surface area contributed by atoms with Crippen LogP contribution in [0.1, 0.15) is 55.4 Å². The highest BCUT2D eigenvalue weighted by Gasteiger charge is 2.42. The van der Waals surface area contributed by atoms with Crippen molar-refractivity contribution in [2.24, 2.45) is 5.41 Å². The molecule has 0 spiro atoms. The lowest BCUT2D eigenvalue weighted by molar-refractivity contribution is -0.123. The van der Waals surface area contributed by atoms with E-state index in [-0.39, 0.29) is 18.0 Å². The first-order valence-electron chi connectivity index (χ1n) is 13.3. The quantitative estimate of drug-likeness (QED) is 0.260. The molecule has 2 aromatic heterocycles. The number of amides is 1. The van der Waals surface area contributed by atoms with Gasteiger partial charge in [-0.25, -0.2) is 0 Å². The Hall–Kier alpha value is -4.17. The molecule has 0 aliphatic carbocycles. The predicted octanol–water partition coefficient (Wildman–Crippen LogP) is 6.66. The molecule has 0 saturated carbocycles. The number of carbonyl (C=O) groups is 1. The molecule has 40 heavy (non-hydrogen) atoms. The molecule has 1 aliphatic rings. The summed E-state index contributed by atoms with van der Waals surface area (Å²) in [4.78, 5) is 19.5. The smallest absolute Gasteiger partial charge is 0.229 e. The van der Waals surface area contributed by atoms with Crippen LogP contribution in [0, 0.1) is 19.3 Å². The van der Waals surface area contributed by atoms with Gasteiger partial charge in [-0.1, -0.05) is 32.9 Å². The van der Waals surface area contributed by atoms with Gasteiger partial charge in [0.25, 0.3) is 0 Å². The topological polar surface area (TPSA) is 71.4 Å². The Morgan fingerprint density at radius 2 is 1.77 bits per heavy atom. The number of methoxy groups -OCH3 is 1. The lowest BCUT2D eigenvalue weighted by Gasteiger charge is -2.29. The van der Waals surface area contributed by atoms with Crippen molar-refractivity contribution in [2.45, 2.75) is 46.7 Å². The molecule has 2 N–H and O–H groups in total. The highest BCUT2D eigenvalue weighted by atomic mass is 32.1. The molecule has 4 aromatic rings. The summed E-state index contributed by atoms with van der Waals surface area (Å²) in [5, 5.41) is 7.12. The first-order chi connectivity index (χ1) is 19.1. The predicted molar refractivity (Wildman–Crippen MR) is 164 cm³/mol. The molecular formula is C32H35N5O2S. The molecule has 0 unspecified atom stereocenters. The maximum atomic E-state index is 12.7. The zero-order chi connectivity index (χ0) is 28.6. The Labute approximate surface area is 241 Å². The summed E-state index contributed by atoms with van der Waals surface area (Å²) in [6.07, 6.45) is 3.89. The number of benzene rings is 2. The average Bonchev–Trinajstić information content (AvgIpc) is 3.54. The Morgan fingerprint density at radius 1 is 1.00 bits per heavy atom. The van der Waals surface area contributed by atoms with E-state index in [2.05, 4.69) is 75.5 Å². The van der Waals surface area contributed by atoms with E-state index in [0.29, 0.717) is 16.5 Å². The van der Waals surface area contributed by atoms with Gasteiger partial charge in [0.15, 0.2) is 5.11 Å². The highest BCUT2D eigenvalue weighted by Crippen LogP contribution is 2.44. The number of hydrogen-bond donors (Lipinski definition) is 2. The van der Waals surface area contributed by atoms with E-state index in [4.69, 9.17) is 17.0 Å². The molecule has 206 valence electrons. The zero-order valence-electron chi connectivity index (χ0n) is 23.7. The number of nitrogens with one attached hydrogen (secondary N) is 2.